The number of hydrogen-bond donors (Lipinski definition) is 0. The molecule has 5 rings (SSSR count). The molecule has 0 saturated carbocycles. The van der Waals surface area contributed by atoms with Gasteiger partial charge in [-0.3, -0.25) is 0 Å². The number of aromatic nitrogens is 1. The lowest BCUT2D eigenvalue weighted by atomic mass is 10.0. The normalized spacial score (nSPS) is 11.3. The minimum Gasteiger partial charge on any atom is -0.454 e. The smallest absolute Gasteiger partial charge is 0.161 e. The molecule has 0 aliphatic heterocycles. The van der Waals surface area contributed by atoms with Crippen molar-refractivity contribution in [3.05, 3.63) is 90.0 Å². The Morgan fingerprint density at radius 2 is 1.50 bits per heavy atom. The van der Waals surface area contributed by atoms with Crippen LogP contribution in [0.15, 0.2) is 89.3 Å². The standard InChI is InChI=1S/C23H14ClNO/c24-17-10-6-9-16(13-17)20-14-19(15-7-2-1-3-8-15)23-22(25-20)18-11-4-5-12-21(18)26-23/h1-14H. The second-order valence-electron chi connectivity index (χ2n) is 6.21. The second-order valence-corrected chi connectivity index (χ2v) is 6.64. The highest BCUT2D eigenvalue weighted by Crippen LogP contribution is 2.37. The molecule has 0 spiro atoms. The van der Waals surface area contributed by atoms with Crippen LogP contribution in [0, 0.1) is 0 Å². The Labute approximate surface area is 155 Å². The van der Waals surface area contributed by atoms with Crippen LogP contribution in [0.2, 0.25) is 5.02 Å². The first-order valence-electron chi connectivity index (χ1n) is 8.43. The lowest BCUT2D eigenvalue weighted by Crippen LogP contribution is -1.88. The third kappa shape index (κ3) is 2.47. The zero-order valence-corrected chi connectivity index (χ0v) is 14.6. The summed E-state index contributed by atoms with van der Waals surface area (Å²) in [6.45, 7) is 0. The Kier molecular flexibility index (Phi) is 3.51. The minimum absolute atomic E-state index is 0.697. The van der Waals surface area contributed by atoms with Crippen LogP contribution in [0.3, 0.4) is 0 Å². The SMILES string of the molecule is Clc1cccc(-c2cc(-c3ccccc3)c3oc4ccccc4c3n2)c1. The molecular weight excluding hydrogens is 342 g/mol. The van der Waals surface area contributed by atoms with Crippen molar-refractivity contribution in [3.8, 4) is 22.4 Å². The highest BCUT2D eigenvalue weighted by atomic mass is 35.5. The van der Waals surface area contributed by atoms with Crippen LogP contribution in [0.5, 0.6) is 0 Å². The van der Waals surface area contributed by atoms with E-state index in [0.717, 1.165) is 44.5 Å². The van der Waals surface area contributed by atoms with Crippen molar-refractivity contribution in [2.75, 3.05) is 0 Å². The summed E-state index contributed by atoms with van der Waals surface area (Å²) in [6.07, 6.45) is 0. The van der Waals surface area contributed by atoms with Crippen molar-refractivity contribution in [1.29, 1.82) is 0 Å². The van der Waals surface area contributed by atoms with E-state index in [1.165, 1.54) is 0 Å². The molecule has 2 nitrogen and oxygen atoms in total. The van der Waals surface area contributed by atoms with Gasteiger partial charge in [0.15, 0.2) is 5.58 Å². The molecule has 26 heavy (non-hydrogen) atoms. The van der Waals surface area contributed by atoms with Crippen LogP contribution < -0.4 is 0 Å². The molecule has 124 valence electrons. The quantitative estimate of drug-likeness (QED) is 0.342. The number of fused-ring (bicyclic) bond motifs is 3. The Morgan fingerprint density at radius 3 is 2.35 bits per heavy atom. The summed E-state index contributed by atoms with van der Waals surface area (Å²) in [4.78, 5) is 4.91. The van der Waals surface area contributed by atoms with E-state index in [-0.39, 0.29) is 0 Å². The van der Waals surface area contributed by atoms with Gasteiger partial charge < -0.3 is 4.42 Å². The fourth-order valence-electron chi connectivity index (χ4n) is 3.31. The van der Waals surface area contributed by atoms with Gasteiger partial charge in [-0.15, -0.1) is 0 Å². The molecular formula is C23H14ClNO. The molecule has 0 radical (unpaired) electrons. The highest BCUT2D eigenvalue weighted by molar-refractivity contribution is 6.30. The van der Waals surface area contributed by atoms with Crippen LogP contribution in [-0.2, 0) is 0 Å². The highest BCUT2D eigenvalue weighted by Gasteiger charge is 2.16. The lowest BCUT2D eigenvalue weighted by Gasteiger charge is -2.07. The van der Waals surface area contributed by atoms with Crippen molar-refractivity contribution in [2.45, 2.75) is 0 Å². The summed E-state index contributed by atoms with van der Waals surface area (Å²) in [7, 11) is 0. The number of furan rings is 1. The van der Waals surface area contributed by atoms with Crippen LogP contribution in [0.4, 0.5) is 0 Å². The molecule has 0 fully saturated rings. The molecule has 0 bridgehead atoms. The van der Waals surface area contributed by atoms with Crippen molar-refractivity contribution in [2.24, 2.45) is 0 Å². The van der Waals surface area contributed by atoms with E-state index in [2.05, 4.69) is 18.2 Å². The maximum absolute atomic E-state index is 6.20. The van der Waals surface area contributed by atoms with Gasteiger partial charge in [-0.25, -0.2) is 4.98 Å². The summed E-state index contributed by atoms with van der Waals surface area (Å²) in [5.41, 5.74) is 6.52. The lowest BCUT2D eigenvalue weighted by molar-refractivity contribution is 0.669. The molecule has 0 saturated heterocycles. The summed E-state index contributed by atoms with van der Waals surface area (Å²) >= 11 is 6.20. The number of halogens is 1. The summed E-state index contributed by atoms with van der Waals surface area (Å²) in [5, 5.41) is 1.71. The van der Waals surface area contributed by atoms with E-state index in [9.17, 15) is 0 Å². The summed E-state index contributed by atoms with van der Waals surface area (Å²) in [5.74, 6) is 0. The maximum Gasteiger partial charge on any atom is 0.161 e. The summed E-state index contributed by atoms with van der Waals surface area (Å²) < 4.78 is 6.16. The molecule has 2 heterocycles. The van der Waals surface area contributed by atoms with Crippen molar-refractivity contribution in [1.82, 2.24) is 4.98 Å². The van der Waals surface area contributed by atoms with Crippen LogP contribution in [0.25, 0.3) is 44.5 Å². The molecule has 0 amide bonds. The van der Waals surface area contributed by atoms with Gasteiger partial charge in [-0.1, -0.05) is 66.2 Å². The molecule has 3 aromatic carbocycles. The van der Waals surface area contributed by atoms with Gasteiger partial charge in [0.25, 0.3) is 0 Å². The zero-order chi connectivity index (χ0) is 17.5. The molecule has 0 aliphatic rings. The van der Waals surface area contributed by atoms with Gasteiger partial charge in [-0.05, 0) is 35.9 Å². The average Bonchev–Trinajstić information content (AvgIpc) is 3.06. The number of rotatable bonds is 2. The van der Waals surface area contributed by atoms with Crippen molar-refractivity contribution >= 4 is 33.7 Å². The Morgan fingerprint density at radius 1 is 0.731 bits per heavy atom. The van der Waals surface area contributed by atoms with E-state index in [0.29, 0.717) is 5.02 Å². The van der Waals surface area contributed by atoms with E-state index in [1.54, 1.807) is 0 Å². The Balaban J connectivity index is 1.89. The molecule has 0 atom stereocenters. The third-order valence-electron chi connectivity index (χ3n) is 4.53. The van der Waals surface area contributed by atoms with E-state index in [1.807, 2.05) is 66.7 Å². The van der Waals surface area contributed by atoms with Crippen LogP contribution >= 0.6 is 11.6 Å². The number of nitrogens with zero attached hydrogens (tertiary/aromatic N) is 1. The Hall–Kier alpha value is -3.10. The topological polar surface area (TPSA) is 26.0 Å². The number of hydrogen-bond acceptors (Lipinski definition) is 2. The molecule has 3 heteroatoms. The van der Waals surface area contributed by atoms with E-state index >= 15 is 0 Å². The second kappa shape index (κ2) is 6.01. The number of para-hydroxylation sites is 1. The van der Waals surface area contributed by atoms with Crippen LogP contribution in [0.1, 0.15) is 0 Å². The molecule has 0 aliphatic carbocycles. The number of benzene rings is 3. The first-order valence-corrected chi connectivity index (χ1v) is 8.81. The van der Waals surface area contributed by atoms with Gasteiger partial charge in [0.05, 0.1) is 5.69 Å². The first-order chi connectivity index (χ1) is 12.8. The van der Waals surface area contributed by atoms with Gasteiger partial charge >= 0.3 is 0 Å². The number of pyridine rings is 1. The Bertz CT molecular complexity index is 1240. The van der Waals surface area contributed by atoms with E-state index in [4.69, 9.17) is 21.0 Å². The van der Waals surface area contributed by atoms with Gasteiger partial charge in [0.2, 0.25) is 0 Å². The van der Waals surface area contributed by atoms with Crippen LogP contribution in [-0.4, -0.2) is 4.98 Å². The molecule has 5 aromatic rings. The van der Waals surface area contributed by atoms with Gasteiger partial charge in [0, 0.05) is 21.5 Å². The first kappa shape index (κ1) is 15.2. The van der Waals surface area contributed by atoms with Crippen molar-refractivity contribution < 1.29 is 4.42 Å². The fourth-order valence-corrected chi connectivity index (χ4v) is 3.50. The molecule has 2 aromatic heterocycles. The van der Waals surface area contributed by atoms with E-state index < -0.39 is 0 Å². The zero-order valence-electron chi connectivity index (χ0n) is 13.8. The van der Waals surface area contributed by atoms with Crippen molar-refractivity contribution in [3.63, 3.8) is 0 Å². The largest absolute Gasteiger partial charge is 0.454 e. The van der Waals surface area contributed by atoms with Gasteiger partial charge in [-0.2, -0.15) is 0 Å². The minimum atomic E-state index is 0.697. The predicted octanol–water partition coefficient (Wildman–Crippen LogP) is 6.97. The monoisotopic (exact) mass is 355 g/mol. The average molecular weight is 356 g/mol. The maximum atomic E-state index is 6.20. The fraction of sp³-hybridized carbons (Fsp3) is 0. The van der Waals surface area contributed by atoms with Gasteiger partial charge in [0.1, 0.15) is 11.1 Å². The predicted molar refractivity (Wildman–Crippen MR) is 107 cm³/mol. The molecule has 0 N–H and O–H groups in total. The molecule has 0 unspecified atom stereocenters. The third-order valence-corrected chi connectivity index (χ3v) is 4.77. The summed E-state index contributed by atoms with van der Waals surface area (Å²) in [6, 6.07) is 28.1.